The average Bonchev–Trinajstić information content (AvgIpc) is 3.15. The van der Waals surface area contributed by atoms with Crippen LogP contribution >= 0.6 is 11.3 Å². The molecule has 1 atom stereocenters. The van der Waals surface area contributed by atoms with Crippen LogP contribution in [-0.2, 0) is 10.2 Å². The van der Waals surface area contributed by atoms with Crippen molar-refractivity contribution in [2.75, 3.05) is 12.4 Å². The first kappa shape index (κ1) is 21.3. The molecular formula is C25H27N3O2S. The van der Waals surface area contributed by atoms with Gasteiger partial charge in [-0.05, 0) is 48.2 Å². The normalized spacial score (nSPS) is 12.7. The number of nitrogens with zero attached hydrogens (tertiary/aromatic N) is 2. The van der Waals surface area contributed by atoms with Gasteiger partial charge in [0.15, 0.2) is 5.13 Å². The van der Waals surface area contributed by atoms with Gasteiger partial charge in [0.25, 0.3) is 0 Å². The van der Waals surface area contributed by atoms with E-state index in [1.165, 1.54) is 0 Å². The maximum atomic E-state index is 6.27. The molecule has 2 heterocycles. The number of para-hydroxylation sites is 1. The topological polar surface area (TPSA) is 56.3 Å². The van der Waals surface area contributed by atoms with Crippen LogP contribution in [0.4, 0.5) is 10.8 Å². The van der Waals surface area contributed by atoms with Gasteiger partial charge in [-0.15, -0.1) is 0 Å². The fourth-order valence-electron chi connectivity index (χ4n) is 3.35. The van der Waals surface area contributed by atoms with Crippen LogP contribution in [0.3, 0.4) is 0 Å². The smallest absolute Gasteiger partial charge is 0.243 e. The van der Waals surface area contributed by atoms with Gasteiger partial charge in [-0.1, -0.05) is 56.4 Å². The Morgan fingerprint density at radius 3 is 2.61 bits per heavy atom. The first-order valence-electron chi connectivity index (χ1n) is 10.3. The predicted octanol–water partition coefficient (Wildman–Crippen LogP) is 7.23. The molecule has 4 rings (SSSR count). The third-order valence-corrected chi connectivity index (χ3v) is 6.08. The van der Waals surface area contributed by atoms with E-state index in [0.29, 0.717) is 5.88 Å². The number of fused-ring (bicyclic) bond motifs is 1. The second kappa shape index (κ2) is 8.65. The van der Waals surface area contributed by atoms with Crippen molar-refractivity contribution in [2.24, 2.45) is 0 Å². The molecular weight excluding hydrogens is 406 g/mol. The molecule has 0 amide bonds. The summed E-state index contributed by atoms with van der Waals surface area (Å²) in [6.45, 7) is 8.56. The van der Waals surface area contributed by atoms with Gasteiger partial charge in [-0.3, -0.25) is 0 Å². The number of benzene rings is 2. The molecule has 31 heavy (non-hydrogen) atoms. The van der Waals surface area contributed by atoms with E-state index in [4.69, 9.17) is 14.5 Å². The number of hydrogen-bond acceptors (Lipinski definition) is 6. The summed E-state index contributed by atoms with van der Waals surface area (Å²) in [4.78, 5) is 9.19. The van der Waals surface area contributed by atoms with Gasteiger partial charge >= 0.3 is 0 Å². The van der Waals surface area contributed by atoms with Crippen LogP contribution in [0.15, 0.2) is 60.8 Å². The largest absolute Gasteiger partial charge is 0.437 e. The Hall–Kier alpha value is -2.96. The van der Waals surface area contributed by atoms with Gasteiger partial charge in [0, 0.05) is 18.9 Å². The third kappa shape index (κ3) is 4.70. The Balaban J connectivity index is 1.63. The van der Waals surface area contributed by atoms with Crippen LogP contribution in [0.5, 0.6) is 11.6 Å². The van der Waals surface area contributed by atoms with E-state index >= 15 is 0 Å². The van der Waals surface area contributed by atoms with Crippen molar-refractivity contribution in [2.45, 2.75) is 39.2 Å². The van der Waals surface area contributed by atoms with Crippen molar-refractivity contribution in [1.29, 1.82) is 0 Å². The monoisotopic (exact) mass is 433 g/mol. The molecule has 1 N–H and O–H groups in total. The van der Waals surface area contributed by atoms with Crippen LogP contribution < -0.4 is 10.1 Å². The fraction of sp³-hybridized carbons (Fsp3) is 0.280. The Kier molecular flexibility index (Phi) is 5.94. The van der Waals surface area contributed by atoms with E-state index < -0.39 is 0 Å². The minimum absolute atomic E-state index is 0.0386. The van der Waals surface area contributed by atoms with Crippen molar-refractivity contribution in [3.8, 4) is 11.6 Å². The number of anilines is 2. The lowest BCUT2D eigenvalue weighted by Gasteiger charge is -2.22. The molecule has 0 radical (unpaired) electrons. The van der Waals surface area contributed by atoms with Crippen LogP contribution in [0.2, 0.25) is 0 Å². The summed E-state index contributed by atoms with van der Waals surface area (Å²) in [5, 5.41) is 4.18. The number of methoxy groups -OCH3 is 1. The lowest BCUT2D eigenvalue weighted by molar-refractivity contribution is 0.119. The number of rotatable bonds is 6. The highest BCUT2D eigenvalue weighted by atomic mass is 32.1. The number of thiazole rings is 1. The molecule has 0 saturated heterocycles. The Labute approximate surface area is 187 Å². The van der Waals surface area contributed by atoms with E-state index in [2.05, 4.69) is 49.3 Å². The quantitative estimate of drug-likeness (QED) is 0.347. The lowest BCUT2D eigenvalue weighted by Crippen LogP contribution is -2.12. The number of pyridine rings is 1. The van der Waals surface area contributed by atoms with E-state index in [-0.39, 0.29) is 11.5 Å². The fourth-order valence-corrected chi connectivity index (χ4v) is 4.27. The first-order valence-corrected chi connectivity index (χ1v) is 11.1. The minimum Gasteiger partial charge on any atom is -0.437 e. The zero-order valence-corrected chi connectivity index (χ0v) is 19.3. The molecule has 160 valence electrons. The van der Waals surface area contributed by atoms with Crippen molar-refractivity contribution < 1.29 is 9.47 Å². The standard InChI is InChI=1S/C25H27N3O2S/c1-16(29-5)17-12-13-19-22(15-17)31-24(27-19)28-20-10-8-14-26-23(20)30-21-11-7-6-9-18(21)25(2,3)4/h6-16H,1-5H3,(H,27,28). The maximum absolute atomic E-state index is 6.27. The molecule has 4 aromatic rings. The van der Waals surface area contributed by atoms with Crippen LogP contribution in [0.1, 0.15) is 44.9 Å². The summed E-state index contributed by atoms with van der Waals surface area (Å²) in [6, 6.07) is 18.1. The molecule has 0 bridgehead atoms. The molecule has 0 aliphatic heterocycles. The molecule has 2 aromatic carbocycles. The Morgan fingerprint density at radius 1 is 1.03 bits per heavy atom. The molecule has 2 aromatic heterocycles. The second-order valence-electron chi connectivity index (χ2n) is 8.45. The highest BCUT2D eigenvalue weighted by molar-refractivity contribution is 7.22. The second-order valence-corrected chi connectivity index (χ2v) is 9.48. The van der Waals surface area contributed by atoms with Crippen LogP contribution in [-0.4, -0.2) is 17.1 Å². The van der Waals surface area contributed by atoms with Crippen molar-refractivity contribution in [3.05, 3.63) is 71.9 Å². The van der Waals surface area contributed by atoms with Gasteiger partial charge in [0.1, 0.15) is 11.4 Å². The zero-order valence-electron chi connectivity index (χ0n) is 18.5. The highest BCUT2D eigenvalue weighted by Gasteiger charge is 2.20. The summed E-state index contributed by atoms with van der Waals surface area (Å²) < 4.78 is 12.8. The van der Waals surface area contributed by atoms with Crippen molar-refractivity contribution >= 4 is 32.4 Å². The zero-order chi connectivity index (χ0) is 22.0. The maximum Gasteiger partial charge on any atom is 0.243 e. The van der Waals surface area contributed by atoms with E-state index in [1.54, 1.807) is 24.6 Å². The molecule has 5 nitrogen and oxygen atoms in total. The molecule has 6 heteroatoms. The Bertz CT molecular complexity index is 1200. The third-order valence-electron chi connectivity index (χ3n) is 5.15. The highest BCUT2D eigenvalue weighted by Crippen LogP contribution is 2.37. The molecule has 1 unspecified atom stereocenters. The first-order chi connectivity index (χ1) is 14.8. The average molecular weight is 434 g/mol. The van der Waals surface area contributed by atoms with Crippen LogP contribution in [0.25, 0.3) is 10.2 Å². The van der Waals surface area contributed by atoms with Gasteiger partial charge in [-0.2, -0.15) is 0 Å². The molecule has 0 spiro atoms. The van der Waals surface area contributed by atoms with Gasteiger partial charge < -0.3 is 14.8 Å². The molecule has 0 saturated carbocycles. The predicted molar refractivity (Wildman–Crippen MR) is 128 cm³/mol. The van der Waals surface area contributed by atoms with E-state index in [0.717, 1.165) is 37.9 Å². The van der Waals surface area contributed by atoms with Gasteiger partial charge in [0.2, 0.25) is 5.88 Å². The summed E-state index contributed by atoms with van der Waals surface area (Å²) in [7, 11) is 1.72. The lowest BCUT2D eigenvalue weighted by atomic mass is 9.86. The van der Waals surface area contributed by atoms with Gasteiger partial charge in [0.05, 0.1) is 16.3 Å². The Morgan fingerprint density at radius 2 is 1.84 bits per heavy atom. The number of ether oxygens (including phenoxy) is 2. The van der Waals surface area contributed by atoms with Gasteiger partial charge in [-0.25, -0.2) is 9.97 Å². The summed E-state index contributed by atoms with van der Waals surface area (Å²) >= 11 is 1.60. The molecule has 0 aliphatic carbocycles. The van der Waals surface area contributed by atoms with Crippen molar-refractivity contribution in [1.82, 2.24) is 9.97 Å². The SMILES string of the molecule is COC(C)c1ccc2nc(Nc3cccnc3Oc3ccccc3C(C)(C)C)sc2c1. The van der Waals surface area contributed by atoms with E-state index in [1.807, 2.05) is 43.3 Å². The summed E-state index contributed by atoms with van der Waals surface area (Å²) in [5.41, 5.74) is 3.95. The van der Waals surface area contributed by atoms with Crippen molar-refractivity contribution in [3.63, 3.8) is 0 Å². The number of aromatic nitrogens is 2. The van der Waals surface area contributed by atoms with E-state index in [9.17, 15) is 0 Å². The summed E-state index contributed by atoms with van der Waals surface area (Å²) in [5.74, 6) is 1.33. The van der Waals surface area contributed by atoms with Crippen LogP contribution in [0, 0.1) is 0 Å². The molecule has 0 aliphatic rings. The number of nitrogens with one attached hydrogen (secondary N) is 1. The number of hydrogen-bond donors (Lipinski definition) is 1. The molecule has 0 fully saturated rings. The minimum atomic E-state index is -0.0386. The summed E-state index contributed by atoms with van der Waals surface area (Å²) in [6.07, 6.45) is 1.78.